The van der Waals surface area contributed by atoms with Gasteiger partial charge in [0.1, 0.15) is 24.4 Å². The third-order valence-corrected chi connectivity index (χ3v) is 9.05. The molecule has 6 rings (SSSR count). The van der Waals surface area contributed by atoms with Gasteiger partial charge in [-0.15, -0.1) is 0 Å². The number of carbonyl (C=O) groups excluding carboxylic acids is 3. The highest BCUT2D eigenvalue weighted by Crippen LogP contribution is 2.32. The number of hydrogen-bond donors (Lipinski definition) is 3. The zero-order chi connectivity index (χ0) is 38.9. The standard InChI is InChI=1S/C16H15N3O4.C15H23F2N3O2.C6H12FN/c1-18-14-10(5-3-9-20)4-2-6-11(14)19(16(18)23)12-7-8-13(21)17-15(12)22;1-15(2,3)22-14(21)18-11-9-20(19-12(11)13(16)17)10-7-5-4-6-8-10;1-8-4-2-3-6(7)5-8/h2,4,6,12,20H,7-9H2,1H3,(H,17,21,22);9-10,13H,4-8H2,1-3H3,(H,18,21);6H,2-5H2,1H3. The Balaban J connectivity index is 0.000000196. The van der Waals surface area contributed by atoms with Gasteiger partial charge in [0.25, 0.3) is 6.43 Å². The summed E-state index contributed by atoms with van der Waals surface area (Å²) >= 11 is 0. The Morgan fingerprint density at radius 3 is 2.40 bits per heavy atom. The first-order valence-corrected chi connectivity index (χ1v) is 17.9. The van der Waals surface area contributed by atoms with E-state index in [1.807, 2.05) is 11.9 Å². The molecule has 1 saturated carbocycles. The number of hydrogen-bond acceptors (Lipinski definition) is 8. The van der Waals surface area contributed by atoms with Crippen LogP contribution in [0.25, 0.3) is 11.0 Å². The molecule has 2 aromatic heterocycles. The molecule has 1 aromatic carbocycles. The minimum Gasteiger partial charge on any atom is -0.444 e. The van der Waals surface area contributed by atoms with Crippen LogP contribution < -0.4 is 16.3 Å². The van der Waals surface area contributed by atoms with Crippen molar-refractivity contribution >= 4 is 34.6 Å². The minimum absolute atomic E-state index is 0.0230. The zero-order valence-electron chi connectivity index (χ0n) is 31.0. The van der Waals surface area contributed by atoms with Crippen molar-refractivity contribution in [2.75, 3.05) is 32.1 Å². The number of para-hydroxylation sites is 1. The third-order valence-electron chi connectivity index (χ3n) is 9.05. The lowest BCUT2D eigenvalue weighted by Crippen LogP contribution is -2.44. The summed E-state index contributed by atoms with van der Waals surface area (Å²) in [7, 11) is 3.57. The number of imidazole rings is 1. The van der Waals surface area contributed by atoms with Gasteiger partial charge >= 0.3 is 11.8 Å². The van der Waals surface area contributed by atoms with Gasteiger partial charge in [-0.1, -0.05) is 37.2 Å². The van der Waals surface area contributed by atoms with E-state index in [1.165, 1.54) is 21.8 Å². The number of halogens is 3. The van der Waals surface area contributed by atoms with Crippen molar-refractivity contribution in [2.24, 2.45) is 7.05 Å². The Bertz CT molecular complexity index is 1860. The van der Waals surface area contributed by atoms with Crippen LogP contribution in [0.15, 0.2) is 29.2 Å². The highest BCUT2D eigenvalue weighted by Gasteiger charge is 2.31. The largest absolute Gasteiger partial charge is 0.444 e. The van der Waals surface area contributed by atoms with Gasteiger partial charge in [0.15, 0.2) is 5.69 Å². The fraction of sp³-hybridized carbons (Fsp3) is 0.595. The van der Waals surface area contributed by atoms with Gasteiger partial charge in [-0.3, -0.25) is 34.0 Å². The van der Waals surface area contributed by atoms with Crippen LogP contribution in [-0.2, 0) is 21.4 Å². The molecule has 2 unspecified atom stereocenters. The van der Waals surface area contributed by atoms with Crippen molar-refractivity contribution in [3.8, 4) is 11.8 Å². The van der Waals surface area contributed by atoms with Gasteiger partial charge in [-0.05, 0) is 78.6 Å². The second-order valence-corrected chi connectivity index (χ2v) is 14.4. The van der Waals surface area contributed by atoms with E-state index in [-0.39, 0.29) is 42.8 Å². The molecule has 53 heavy (non-hydrogen) atoms. The summed E-state index contributed by atoms with van der Waals surface area (Å²) < 4.78 is 48.1. The van der Waals surface area contributed by atoms with Crippen molar-refractivity contribution in [3.63, 3.8) is 0 Å². The second-order valence-electron chi connectivity index (χ2n) is 14.4. The van der Waals surface area contributed by atoms with Gasteiger partial charge in [0, 0.05) is 26.2 Å². The Kier molecular flexibility index (Phi) is 14.3. The number of alkyl halides is 3. The number of nitrogens with one attached hydrogen (secondary N) is 2. The first kappa shape index (κ1) is 41.1. The maximum Gasteiger partial charge on any atom is 0.412 e. The first-order chi connectivity index (χ1) is 25.1. The minimum atomic E-state index is -2.74. The quantitative estimate of drug-likeness (QED) is 0.238. The van der Waals surface area contributed by atoms with E-state index in [0.717, 1.165) is 45.1 Å². The molecule has 3 aliphatic rings. The number of nitrogens with zero attached hydrogens (tertiary/aromatic N) is 5. The topological polar surface area (TPSA) is 153 Å². The average Bonchev–Trinajstić information content (AvgIpc) is 3.62. The summed E-state index contributed by atoms with van der Waals surface area (Å²) in [6.45, 7) is 6.57. The number of ether oxygens (including phenoxy) is 1. The number of amides is 3. The SMILES string of the molecule is CC(C)(C)OC(=O)Nc1cn(C2CCCCC2)nc1C(F)F.CN1CCCC(F)C1.Cn1c(=O)n(C2CCC(=O)NC2=O)c2cccc(C#CCO)c21. The van der Waals surface area contributed by atoms with Gasteiger partial charge in [0.2, 0.25) is 11.8 Å². The number of rotatable bonds is 4. The number of anilines is 1. The third kappa shape index (κ3) is 11.2. The number of piperidine rings is 2. The Hall–Kier alpha value is -4.62. The Morgan fingerprint density at radius 1 is 1.09 bits per heavy atom. The molecule has 290 valence electrons. The van der Waals surface area contributed by atoms with E-state index in [4.69, 9.17) is 9.84 Å². The molecule has 3 aromatic rings. The molecular formula is C37H50F3N7O6. The molecule has 13 nitrogen and oxygen atoms in total. The van der Waals surface area contributed by atoms with Gasteiger partial charge < -0.3 is 14.7 Å². The van der Waals surface area contributed by atoms with Crippen LogP contribution in [0.2, 0.25) is 0 Å². The average molecular weight is 746 g/mol. The molecule has 0 spiro atoms. The number of aryl methyl sites for hydroxylation is 1. The predicted molar refractivity (Wildman–Crippen MR) is 193 cm³/mol. The highest BCUT2D eigenvalue weighted by atomic mass is 19.3. The predicted octanol–water partition coefficient (Wildman–Crippen LogP) is 5.38. The zero-order valence-corrected chi connectivity index (χ0v) is 31.0. The molecule has 2 saturated heterocycles. The first-order valence-electron chi connectivity index (χ1n) is 17.9. The van der Waals surface area contributed by atoms with E-state index < -0.39 is 41.9 Å². The lowest BCUT2D eigenvalue weighted by atomic mass is 9.96. The summed E-state index contributed by atoms with van der Waals surface area (Å²) in [5.41, 5.74) is 0.370. The number of aromatic nitrogens is 4. The van der Waals surface area contributed by atoms with Crippen molar-refractivity contribution in [1.82, 2.24) is 29.1 Å². The summed E-state index contributed by atoms with van der Waals surface area (Å²) in [5.74, 6) is 4.58. The fourth-order valence-corrected chi connectivity index (χ4v) is 6.62. The summed E-state index contributed by atoms with van der Waals surface area (Å²) in [5, 5.41) is 17.5. The van der Waals surface area contributed by atoms with E-state index in [2.05, 4.69) is 27.6 Å². The number of imide groups is 1. The van der Waals surface area contributed by atoms with Crippen molar-refractivity contribution in [2.45, 2.75) is 109 Å². The number of aliphatic hydroxyl groups is 1. The normalized spacial score (nSPS) is 19.7. The van der Waals surface area contributed by atoms with Crippen LogP contribution in [0.5, 0.6) is 0 Å². The van der Waals surface area contributed by atoms with Crippen molar-refractivity contribution < 1.29 is 37.4 Å². The number of likely N-dealkylation sites (tertiary alicyclic amines) is 1. The van der Waals surface area contributed by atoms with Crippen LogP contribution in [-0.4, -0.2) is 85.3 Å². The molecule has 16 heteroatoms. The molecule has 4 heterocycles. The molecule has 3 N–H and O–H groups in total. The van der Waals surface area contributed by atoms with Crippen LogP contribution in [0.1, 0.15) is 108 Å². The Labute approximate surface area is 306 Å². The van der Waals surface area contributed by atoms with Crippen LogP contribution in [0, 0.1) is 11.8 Å². The van der Waals surface area contributed by atoms with Crippen LogP contribution in [0.3, 0.4) is 0 Å². The number of benzene rings is 1. The second kappa shape index (κ2) is 18.4. The maximum atomic E-state index is 13.1. The monoisotopic (exact) mass is 745 g/mol. The van der Waals surface area contributed by atoms with E-state index in [1.54, 1.807) is 50.7 Å². The Morgan fingerprint density at radius 2 is 1.81 bits per heavy atom. The van der Waals surface area contributed by atoms with Crippen molar-refractivity contribution in [3.05, 3.63) is 46.1 Å². The molecule has 3 amide bonds. The van der Waals surface area contributed by atoms with Crippen LogP contribution >= 0.6 is 0 Å². The molecule has 2 atom stereocenters. The lowest BCUT2D eigenvalue weighted by Gasteiger charge is -2.24. The summed E-state index contributed by atoms with van der Waals surface area (Å²) in [4.78, 5) is 49.8. The molecule has 0 bridgehead atoms. The molecular weight excluding hydrogens is 695 g/mol. The molecule has 0 radical (unpaired) electrons. The van der Waals surface area contributed by atoms with Gasteiger partial charge in [0.05, 0.1) is 28.3 Å². The molecule has 3 fully saturated rings. The highest BCUT2D eigenvalue weighted by molar-refractivity contribution is 6.00. The smallest absolute Gasteiger partial charge is 0.412 e. The van der Waals surface area contributed by atoms with E-state index in [0.29, 0.717) is 23.1 Å². The fourth-order valence-electron chi connectivity index (χ4n) is 6.62. The summed E-state index contributed by atoms with van der Waals surface area (Å²) in [6.07, 6.45) is 4.88. The van der Waals surface area contributed by atoms with E-state index >= 15 is 0 Å². The maximum absolute atomic E-state index is 13.1. The lowest BCUT2D eigenvalue weighted by molar-refractivity contribution is -0.135. The van der Waals surface area contributed by atoms with Crippen LogP contribution in [0.4, 0.5) is 23.7 Å². The number of fused-ring (bicyclic) bond motifs is 1. The van der Waals surface area contributed by atoms with Gasteiger partial charge in [-0.25, -0.2) is 22.8 Å². The van der Waals surface area contributed by atoms with Gasteiger partial charge in [-0.2, -0.15) is 5.10 Å². The molecule has 2 aliphatic heterocycles. The molecule has 1 aliphatic carbocycles. The van der Waals surface area contributed by atoms with Crippen molar-refractivity contribution in [1.29, 1.82) is 0 Å². The summed E-state index contributed by atoms with van der Waals surface area (Å²) in [6, 6.07) is 4.64. The number of aliphatic hydroxyl groups excluding tert-OH is 1. The number of carbonyl (C=O) groups is 3. The van der Waals surface area contributed by atoms with E-state index in [9.17, 15) is 32.3 Å².